The van der Waals surface area contributed by atoms with Gasteiger partial charge in [-0.1, -0.05) is 41.2 Å². The molecule has 3 N–H and O–H groups in total. The minimum atomic E-state index is -0.176. The summed E-state index contributed by atoms with van der Waals surface area (Å²) < 4.78 is 2.21. The Morgan fingerprint density at radius 2 is 1.56 bits per heavy atom. The van der Waals surface area contributed by atoms with E-state index in [1.807, 2.05) is 12.1 Å². The average molecular weight is 631 g/mol. The Labute approximate surface area is 259 Å². The van der Waals surface area contributed by atoms with Crippen molar-refractivity contribution in [2.75, 3.05) is 6.61 Å². The molecule has 0 aliphatic heterocycles. The topological polar surface area (TPSA) is 64.6 Å². The second kappa shape index (κ2) is 10.7. The summed E-state index contributed by atoms with van der Waals surface area (Å²) in [5.74, 6) is 2.89. The molecular weight excluding hydrogens is 574 g/mol. The van der Waals surface area contributed by atoms with Gasteiger partial charge in [0.1, 0.15) is 0 Å². The van der Waals surface area contributed by atoms with E-state index in [-0.39, 0.29) is 45.9 Å². The molecule has 4 nitrogen and oxygen atoms in total. The van der Waals surface area contributed by atoms with Gasteiger partial charge in [0.2, 0.25) is 0 Å². The molecule has 10 atom stereocenters. The minimum Gasteiger partial charge on any atom is -1.00 e. The quantitative estimate of drug-likeness (QED) is 0.345. The fourth-order valence-electron chi connectivity index (χ4n) is 12.5. The summed E-state index contributed by atoms with van der Waals surface area (Å²) >= 11 is 0. The number of aliphatic hydroxyl groups is 3. The number of halogens is 1. The molecule has 0 spiro atoms. The molecule has 0 aromatic carbocycles. The van der Waals surface area contributed by atoms with Crippen LogP contribution in [0.3, 0.4) is 0 Å². The van der Waals surface area contributed by atoms with Crippen LogP contribution in [0.2, 0.25) is 0 Å². The predicted molar refractivity (Wildman–Crippen MR) is 159 cm³/mol. The van der Waals surface area contributed by atoms with Crippen LogP contribution in [0.25, 0.3) is 0 Å². The van der Waals surface area contributed by atoms with Gasteiger partial charge >= 0.3 is 0 Å². The summed E-state index contributed by atoms with van der Waals surface area (Å²) in [7, 11) is 0. The second-order valence-electron chi connectivity index (χ2n) is 16.4. The first-order valence-electron chi connectivity index (χ1n) is 16.4. The Kier molecular flexibility index (Phi) is 8.27. The van der Waals surface area contributed by atoms with Crippen LogP contribution < -0.4 is 21.5 Å². The molecule has 5 heteroatoms. The van der Waals surface area contributed by atoms with Crippen LogP contribution >= 0.6 is 0 Å². The molecule has 6 rings (SSSR count). The smallest absolute Gasteiger partial charge is 0.169 e. The second-order valence-corrected chi connectivity index (χ2v) is 16.4. The monoisotopic (exact) mass is 629 g/mol. The lowest BCUT2D eigenvalue weighted by Crippen LogP contribution is -3.00. The molecule has 5 saturated carbocycles. The summed E-state index contributed by atoms with van der Waals surface area (Å²) in [5, 5.41) is 31.4. The molecule has 1 aromatic rings. The molecule has 2 unspecified atom stereocenters. The van der Waals surface area contributed by atoms with Crippen LogP contribution in [0.15, 0.2) is 36.7 Å². The van der Waals surface area contributed by atoms with E-state index in [0.717, 1.165) is 37.8 Å². The van der Waals surface area contributed by atoms with Crippen molar-refractivity contribution in [2.45, 2.75) is 118 Å². The summed E-state index contributed by atoms with van der Waals surface area (Å²) in [6.07, 6.45) is 15.8. The molecule has 5 aliphatic carbocycles. The zero-order valence-corrected chi connectivity index (χ0v) is 27.9. The normalized spacial score (nSPS) is 46.3. The first-order chi connectivity index (χ1) is 18.9. The van der Waals surface area contributed by atoms with Crippen molar-refractivity contribution in [3.05, 3.63) is 42.2 Å². The Balaban J connectivity index is 0.00000337. The number of allylic oxidation sites excluding steroid dienone is 1. The summed E-state index contributed by atoms with van der Waals surface area (Å²) in [4.78, 5) is 0. The number of aromatic nitrogens is 1. The molecule has 1 heterocycles. The lowest BCUT2D eigenvalue weighted by molar-refractivity contribution is -0.689. The van der Waals surface area contributed by atoms with E-state index < -0.39 is 0 Å². The molecule has 0 amide bonds. The van der Waals surface area contributed by atoms with Crippen LogP contribution in [-0.2, 0) is 13.2 Å². The van der Waals surface area contributed by atoms with Crippen molar-refractivity contribution >= 4 is 0 Å². The van der Waals surface area contributed by atoms with Crippen molar-refractivity contribution in [3.8, 4) is 0 Å². The summed E-state index contributed by atoms with van der Waals surface area (Å²) in [6, 6.07) is 4.00. The lowest BCUT2D eigenvalue weighted by Gasteiger charge is -2.73. The maximum absolute atomic E-state index is 11.0. The lowest BCUT2D eigenvalue weighted by atomic mass is 9.32. The van der Waals surface area contributed by atoms with Crippen LogP contribution in [0.5, 0.6) is 0 Å². The molecule has 5 fully saturated rings. The fourth-order valence-corrected chi connectivity index (χ4v) is 12.5. The first-order valence-corrected chi connectivity index (χ1v) is 16.4. The van der Waals surface area contributed by atoms with Gasteiger partial charge < -0.3 is 32.3 Å². The van der Waals surface area contributed by atoms with Gasteiger partial charge in [-0.15, -0.1) is 0 Å². The molecule has 5 aliphatic rings. The van der Waals surface area contributed by atoms with Crippen LogP contribution in [0, 0.1) is 56.7 Å². The highest BCUT2D eigenvalue weighted by Crippen LogP contribution is 2.77. The number of aliphatic hydroxyl groups excluding tert-OH is 3. The van der Waals surface area contributed by atoms with Gasteiger partial charge in [0.25, 0.3) is 0 Å². The molecular formula is C36H56BrNO3. The highest BCUT2D eigenvalue weighted by molar-refractivity contribution is 5.22. The van der Waals surface area contributed by atoms with E-state index in [0.29, 0.717) is 47.0 Å². The van der Waals surface area contributed by atoms with Gasteiger partial charge in [-0.3, -0.25) is 0 Å². The molecule has 0 saturated heterocycles. The van der Waals surface area contributed by atoms with Crippen molar-refractivity contribution < 1.29 is 36.9 Å². The summed E-state index contributed by atoms with van der Waals surface area (Å²) in [6.45, 7) is 18.5. The standard InChI is InChI=1S/C36H56NO3.BrH/c1-24(21-37-19-12-25(22-38)13-20-37)26-9-16-36(23-39)18-17-34(5)27(31(26)36)7-8-29-33(4)14-11-30(40)32(2,3)28(33)10-15-35(29,34)6;/h12-13,19-20,26-31,38-40H,1,7-11,14-18,21-23H2,2-6H3;1H/q+1;/p-1/t26-,27+,28-,29?,30?,31+,33-,34+,35+,36+;/m0./s1. The average Bonchev–Trinajstić information content (AvgIpc) is 3.32. The highest BCUT2D eigenvalue weighted by atomic mass is 79.9. The predicted octanol–water partition coefficient (Wildman–Crippen LogP) is 3.46. The van der Waals surface area contributed by atoms with E-state index in [2.05, 4.69) is 51.6 Å². The van der Waals surface area contributed by atoms with Crippen LogP contribution in [0.4, 0.5) is 0 Å². The molecule has 41 heavy (non-hydrogen) atoms. The third-order valence-electron chi connectivity index (χ3n) is 15.0. The first kappa shape index (κ1) is 31.7. The number of hydrogen-bond donors (Lipinski definition) is 3. The number of nitrogens with zero attached hydrogens (tertiary/aromatic N) is 1. The Bertz CT molecular complexity index is 1140. The largest absolute Gasteiger partial charge is 1.00 e. The Morgan fingerprint density at radius 1 is 0.854 bits per heavy atom. The zero-order valence-electron chi connectivity index (χ0n) is 26.3. The van der Waals surface area contributed by atoms with E-state index in [4.69, 9.17) is 6.58 Å². The number of hydrogen-bond acceptors (Lipinski definition) is 3. The van der Waals surface area contributed by atoms with E-state index in [1.165, 1.54) is 44.1 Å². The van der Waals surface area contributed by atoms with Crippen molar-refractivity contribution in [3.63, 3.8) is 0 Å². The Morgan fingerprint density at radius 3 is 2.22 bits per heavy atom. The van der Waals surface area contributed by atoms with Crippen molar-refractivity contribution in [1.29, 1.82) is 0 Å². The highest BCUT2D eigenvalue weighted by Gasteiger charge is 2.70. The number of fused-ring (bicyclic) bond motifs is 7. The summed E-state index contributed by atoms with van der Waals surface area (Å²) in [5.41, 5.74) is 3.16. The third kappa shape index (κ3) is 4.40. The van der Waals surface area contributed by atoms with E-state index in [1.54, 1.807) is 0 Å². The van der Waals surface area contributed by atoms with Crippen molar-refractivity contribution in [1.82, 2.24) is 0 Å². The molecule has 0 bridgehead atoms. The van der Waals surface area contributed by atoms with Gasteiger partial charge in [-0.05, 0) is 132 Å². The maximum Gasteiger partial charge on any atom is 0.169 e. The van der Waals surface area contributed by atoms with Gasteiger partial charge in [0.05, 0.1) is 12.7 Å². The minimum absolute atomic E-state index is 0. The number of rotatable bonds is 5. The van der Waals surface area contributed by atoms with Crippen molar-refractivity contribution in [2.24, 2.45) is 56.7 Å². The third-order valence-corrected chi connectivity index (χ3v) is 15.0. The molecule has 230 valence electrons. The van der Waals surface area contributed by atoms with Crippen LogP contribution in [-0.4, -0.2) is 28.0 Å². The molecule has 1 aromatic heterocycles. The SMILES string of the molecule is C=C(C[n+]1ccc(CO)cc1)[C@@H]1CC[C@]2(CO)CC[C@]3(C)[C@H](CCC4[C@@]5(C)CCC(O)C(C)(C)[C@@H]5CC[C@]43C)[C@@H]12.[Br-]. The number of pyridine rings is 1. The fraction of sp³-hybridized carbons (Fsp3) is 0.806. The zero-order chi connectivity index (χ0) is 28.7. The van der Waals surface area contributed by atoms with Gasteiger partial charge in [0, 0.05) is 18.7 Å². The van der Waals surface area contributed by atoms with Gasteiger partial charge in [-0.2, -0.15) is 0 Å². The van der Waals surface area contributed by atoms with Gasteiger partial charge in [-0.25, -0.2) is 4.57 Å². The Hall–Kier alpha value is -0.750. The van der Waals surface area contributed by atoms with E-state index in [9.17, 15) is 15.3 Å². The van der Waals surface area contributed by atoms with Crippen LogP contribution in [0.1, 0.15) is 104 Å². The van der Waals surface area contributed by atoms with Gasteiger partial charge in [0.15, 0.2) is 18.9 Å². The maximum atomic E-state index is 11.0. The van der Waals surface area contributed by atoms with E-state index >= 15 is 0 Å². The molecule has 0 radical (unpaired) electrons.